The molecule has 0 fully saturated rings. The second-order valence-corrected chi connectivity index (χ2v) is 7.33. The Morgan fingerprint density at radius 1 is 0.968 bits per heavy atom. The maximum atomic E-state index is 14.5. The van der Waals surface area contributed by atoms with E-state index < -0.39 is 18.1 Å². The van der Waals surface area contributed by atoms with E-state index in [9.17, 15) is 14.3 Å². The smallest absolute Gasteiger partial charge is 0.320 e. The van der Waals surface area contributed by atoms with E-state index in [2.05, 4.69) is 15.5 Å². The number of halogens is 1. The molecule has 0 amide bonds. The lowest BCUT2D eigenvalue weighted by Crippen LogP contribution is -2.37. The zero-order chi connectivity index (χ0) is 21.8. The van der Waals surface area contributed by atoms with Crippen molar-refractivity contribution in [2.45, 2.75) is 19.0 Å². The zero-order valence-electron chi connectivity index (χ0n) is 16.9. The number of hydrogen-bond donors (Lipinski definition) is 3. The Balaban J connectivity index is 1.75. The molecule has 0 aliphatic heterocycles. The third-order valence-corrected chi connectivity index (χ3v) is 5.26. The van der Waals surface area contributed by atoms with Crippen LogP contribution in [-0.2, 0) is 4.79 Å². The molecule has 0 spiro atoms. The molecule has 2 unspecified atom stereocenters. The van der Waals surface area contributed by atoms with Crippen LogP contribution in [0, 0.1) is 5.82 Å². The standard InChI is InChI=1S/C25H22FN3O2/c1-16(25(30)31)28-23(19-13-11-18(12-14-19)17-7-3-2-4-8-17)21-15-27-29-24(21)20-9-5-6-10-22(20)26/h2-16,23,28H,1H3,(H,27,29)(H,30,31). The van der Waals surface area contributed by atoms with Gasteiger partial charge in [-0.2, -0.15) is 5.10 Å². The fourth-order valence-electron chi connectivity index (χ4n) is 3.58. The van der Waals surface area contributed by atoms with Crippen molar-refractivity contribution in [2.75, 3.05) is 0 Å². The number of aliphatic carboxylic acids is 1. The summed E-state index contributed by atoms with van der Waals surface area (Å²) in [4.78, 5) is 11.5. The molecular weight excluding hydrogens is 393 g/mol. The largest absolute Gasteiger partial charge is 0.480 e. The summed E-state index contributed by atoms with van der Waals surface area (Å²) in [7, 11) is 0. The molecule has 4 aromatic rings. The summed E-state index contributed by atoms with van der Waals surface area (Å²) in [6.45, 7) is 1.58. The molecule has 5 nitrogen and oxygen atoms in total. The first-order chi connectivity index (χ1) is 15.0. The molecule has 2 atom stereocenters. The van der Waals surface area contributed by atoms with Crippen LogP contribution < -0.4 is 5.32 Å². The number of carboxylic acids is 1. The van der Waals surface area contributed by atoms with Gasteiger partial charge in [-0.15, -0.1) is 0 Å². The molecule has 0 aliphatic rings. The first-order valence-corrected chi connectivity index (χ1v) is 9.97. The number of nitrogens with zero attached hydrogens (tertiary/aromatic N) is 1. The first-order valence-electron chi connectivity index (χ1n) is 9.97. The minimum Gasteiger partial charge on any atom is -0.480 e. The minimum absolute atomic E-state index is 0.377. The Bertz CT molecular complexity index is 1170. The van der Waals surface area contributed by atoms with Crippen molar-refractivity contribution in [1.29, 1.82) is 0 Å². The summed E-state index contributed by atoms with van der Waals surface area (Å²) in [5.41, 5.74) is 4.56. The van der Waals surface area contributed by atoms with Gasteiger partial charge in [0.1, 0.15) is 11.9 Å². The predicted octanol–water partition coefficient (Wildman–Crippen LogP) is 5.03. The van der Waals surface area contributed by atoms with Crippen LogP contribution in [0.4, 0.5) is 4.39 Å². The average molecular weight is 415 g/mol. The van der Waals surface area contributed by atoms with Crippen molar-refractivity contribution in [3.8, 4) is 22.4 Å². The minimum atomic E-state index is -0.971. The number of hydrogen-bond acceptors (Lipinski definition) is 3. The zero-order valence-corrected chi connectivity index (χ0v) is 16.9. The third kappa shape index (κ3) is 4.39. The van der Waals surface area contributed by atoms with Gasteiger partial charge in [0, 0.05) is 11.1 Å². The molecule has 3 aromatic carbocycles. The monoisotopic (exact) mass is 415 g/mol. The molecule has 31 heavy (non-hydrogen) atoms. The van der Waals surface area contributed by atoms with E-state index in [0.717, 1.165) is 16.7 Å². The van der Waals surface area contributed by atoms with Gasteiger partial charge in [-0.1, -0.05) is 66.7 Å². The lowest BCUT2D eigenvalue weighted by atomic mass is 9.94. The highest BCUT2D eigenvalue weighted by Crippen LogP contribution is 2.33. The number of benzene rings is 3. The highest BCUT2D eigenvalue weighted by atomic mass is 19.1. The van der Waals surface area contributed by atoms with Crippen LogP contribution in [0.2, 0.25) is 0 Å². The number of H-pyrrole nitrogens is 1. The molecule has 4 rings (SSSR count). The summed E-state index contributed by atoms with van der Waals surface area (Å²) in [5, 5.41) is 19.6. The SMILES string of the molecule is CC(NC(c1ccc(-c2ccccc2)cc1)c1cn[nH]c1-c1ccccc1F)C(=O)O. The van der Waals surface area contributed by atoms with Crippen molar-refractivity contribution in [3.05, 3.63) is 102 Å². The Labute approximate surface area is 179 Å². The normalized spacial score (nSPS) is 13.0. The van der Waals surface area contributed by atoms with Crippen molar-refractivity contribution in [3.63, 3.8) is 0 Å². The maximum absolute atomic E-state index is 14.5. The summed E-state index contributed by atoms with van der Waals surface area (Å²) < 4.78 is 14.5. The number of carboxylic acid groups (broad SMARTS) is 1. The Kier molecular flexibility index (Phi) is 5.91. The average Bonchev–Trinajstić information content (AvgIpc) is 3.27. The fraction of sp³-hybridized carbons (Fsp3) is 0.120. The second kappa shape index (κ2) is 8.93. The highest BCUT2D eigenvalue weighted by molar-refractivity contribution is 5.73. The fourth-order valence-corrected chi connectivity index (χ4v) is 3.58. The Morgan fingerprint density at radius 2 is 1.61 bits per heavy atom. The molecule has 0 saturated heterocycles. The van der Waals surface area contributed by atoms with Crippen LogP contribution in [0.5, 0.6) is 0 Å². The van der Waals surface area contributed by atoms with Crippen molar-refractivity contribution in [2.24, 2.45) is 0 Å². The number of carbonyl (C=O) groups is 1. The van der Waals surface area contributed by atoms with Crippen LogP contribution in [0.25, 0.3) is 22.4 Å². The summed E-state index contributed by atoms with van der Waals surface area (Å²) in [6.07, 6.45) is 1.61. The molecule has 0 bridgehead atoms. The Morgan fingerprint density at radius 3 is 2.29 bits per heavy atom. The van der Waals surface area contributed by atoms with Crippen LogP contribution in [0.1, 0.15) is 24.1 Å². The predicted molar refractivity (Wildman–Crippen MR) is 118 cm³/mol. The Hall–Kier alpha value is -3.77. The van der Waals surface area contributed by atoms with E-state index in [-0.39, 0.29) is 5.82 Å². The van der Waals surface area contributed by atoms with Gasteiger partial charge in [0.2, 0.25) is 0 Å². The van der Waals surface area contributed by atoms with Crippen molar-refractivity contribution < 1.29 is 14.3 Å². The van der Waals surface area contributed by atoms with Crippen molar-refractivity contribution in [1.82, 2.24) is 15.5 Å². The van der Waals surface area contributed by atoms with Gasteiger partial charge >= 0.3 is 5.97 Å². The van der Waals surface area contributed by atoms with E-state index in [1.807, 2.05) is 54.6 Å². The third-order valence-electron chi connectivity index (χ3n) is 5.26. The van der Waals surface area contributed by atoms with Gasteiger partial charge in [-0.3, -0.25) is 15.2 Å². The van der Waals surface area contributed by atoms with Crippen molar-refractivity contribution >= 4 is 5.97 Å². The number of aromatic nitrogens is 2. The molecule has 1 aromatic heterocycles. The molecule has 6 heteroatoms. The number of nitrogens with one attached hydrogen (secondary N) is 2. The number of aromatic amines is 1. The van der Waals surface area contributed by atoms with E-state index in [1.165, 1.54) is 6.07 Å². The van der Waals surface area contributed by atoms with Crippen LogP contribution in [-0.4, -0.2) is 27.3 Å². The van der Waals surface area contributed by atoms with E-state index in [4.69, 9.17) is 0 Å². The highest BCUT2D eigenvalue weighted by Gasteiger charge is 2.25. The van der Waals surface area contributed by atoms with Crippen LogP contribution >= 0.6 is 0 Å². The van der Waals surface area contributed by atoms with Gasteiger partial charge in [0.15, 0.2) is 0 Å². The van der Waals surface area contributed by atoms with Gasteiger partial charge in [0.05, 0.1) is 17.9 Å². The number of rotatable bonds is 7. The molecular formula is C25H22FN3O2. The summed E-state index contributed by atoms with van der Waals surface area (Å²) >= 11 is 0. The van der Waals surface area contributed by atoms with Gasteiger partial charge < -0.3 is 5.11 Å². The topological polar surface area (TPSA) is 78.0 Å². The molecule has 0 radical (unpaired) electrons. The quantitative estimate of drug-likeness (QED) is 0.395. The molecule has 0 aliphatic carbocycles. The van der Waals surface area contributed by atoms with Crippen LogP contribution in [0.15, 0.2) is 85.1 Å². The van der Waals surface area contributed by atoms with E-state index in [1.54, 1.807) is 31.3 Å². The molecule has 0 saturated carbocycles. The van der Waals surface area contributed by atoms with Gasteiger partial charge in [-0.25, -0.2) is 4.39 Å². The lowest BCUT2D eigenvalue weighted by molar-refractivity contribution is -0.139. The molecule has 156 valence electrons. The second-order valence-electron chi connectivity index (χ2n) is 7.33. The van der Waals surface area contributed by atoms with Gasteiger partial charge in [-0.05, 0) is 35.7 Å². The summed E-state index contributed by atoms with van der Waals surface area (Å²) in [5.74, 6) is -1.35. The van der Waals surface area contributed by atoms with Crippen LogP contribution in [0.3, 0.4) is 0 Å². The van der Waals surface area contributed by atoms with E-state index >= 15 is 0 Å². The molecule has 3 N–H and O–H groups in total. The molecule has 1 heterocycles. The summed E-state index contributed by atoms with van der Waals surface area (Å²) in [6, 6.07) is 23.0. The van der Waals surface area contributed by atoms with E-state index in [0.29, 0.717) is 16.8 Å². The first kappa shape index (κ1) is 20.5. The maximum Gasteiger partial charge on any atom is 0.320 e. The lowest BCUT2D eigenvalue weighted by Gasteiger charge is -2.22. The van der Waals surface area contributed by atoms with Gasteiger partial charge in [0.25, 0.3) is 0 Å².